The Kier molecular flexibility index (Phi) is 7.83. The summed E-state index contributed by atoms with van der Waals surface area (Å²) in [7, 11) is 0. The molecule has 1 aromatic rings. The summed E-state index contributed by atoms with van der Waals surface area (Å²) >= 11 is 5.57. The molecule has 0 unspecified atom stereocenters. The predicted molar refractivity (Wildman–Crippen MR) is 87.7 cm³/mol. The molecule has 0 bridgehead atoms. The maximum Gasteiger partial charge on any atom is 0.224 e. The van der Waals surface area contributed by atoms with Crippen LogP contribution in [0.3, 0.4) is 0 Å². The van der Waals surface area contributed by atoms with Gasteiger partial charge in [0.05, 0.1) is 0 Å². The van der Waals surface area contributed by atoms with Crippen LogP contribution < -0.4 is 10.6 Å². The number of rotatable bonds is 8. The number of carbonyl (C=O) groups excluding carboxylic acids is 2. The van der Waals surface area contributed by atoms with Crippen molar-refractivity contribution in [3.8, 4) is 0 Å². The molecule has 1 rings (SSSR count). The molecule has 0 radical (unpaired) electrons. The highest BCUT2D eigenvalue weighted by Crippen LogP contribution is 2.15. The molecule has 0 fully saturated rings. The number of unbranched alkanes of at least 4 members (excludes halogenated alkanes) is 1. The number of nitrogens with one attached hydrogen (secondary N) is 2. The Bertz CT molecular complexity index is 458. The van der Waals surface area contributed by atoms with E-state index in [0.29, 0.717) is 24.6 Å². The molecule has 0 saturated heterocycles. The zero-order chi connectivity index (χ0) is 15.7. The van der Waals surface area contributed by atoms with E-state index in [9.17, 15) is 9.59 Å². The number of alkyl halides is 1. The van der Waals surface area contributed by atoms with E-state index >= 15 is 0 Å². The lowest BCUT2D eigenvalue weighted by Gasteiger charge is -2.09. The van der Waals surface area contributed by atoms with Crippen LogP contribution in [-0.2, 0) is 9.59 Å². The van der Waals surface area contributed by atoms with Crippen LogP contribution in [0, 0.1) is 5.92 Å². The van der Waals surface area contributed by atoms with Gasteiger partial charge in [-0.3, -0.25) is 9.59 Å². The molecule has 0 heterocycles. The summed E-state index contributed by atoms with van der Waals surface area (Å²) in [5.74, 6) is 0.897. The van der Waals surface area contributed by atoms with Gasteiger partial charge < -0.3 is 10.6 Å². The van der Waals surface area contributed by atoms with E-state index in [1.807, 2.05) is 13.8 Å². The third-order valence-electron chi connectivity index (χ3n) is 2.83. The first-order chi connectivity index (χ1) is 10.0. The SMILES string of the molecule is CC(C)CC(=O)Nc1ccc(NC(=O)CCCCCl)cc1. The molecule has 0 aliphatic carbocycles. The summed E-state index contributed by atoms with van der Waals surface area (Å²) in [5.41, 5.74) is 1.47. The van der Waals surface area contributed by atoms with Gasteiger partial charge in [0.1, 0.15) is 0 Å². The van der Waals surface area contributed by atoms with Crippen LogP contribution in [-0.4, -0.2) is 17.7 Å². The van der Waals surface area contributed by atoms with Crippen LogP contribution >= 0.6 is 11.6 Å². The molecule has 2 N–H and O–H groups in total. The van der Waals surface area contributed by atoms with E-state index in [1.54, 1.807) is 24.3 Å². The second-order valence-electron chi connectivity index (χ2n) is 5.42. The maximum absolute atomic E-state index is 11.6. The van der Waals surface area contributed by atoms with Gasteiger partial charge in [-0.2, -0.15) is 0 Å². The Balaban J connectivity index is 2.43. The number of halogens is 1. The quantitative estimate of drug-likeness (QED) is 0.563. The fourth-order valence-corrected chi connectivity index (χ4v) is 2.01. The average molecular weight is 311 g/mol. The zero-order valence-electron chi connectivity index (χ0n) is 12.6. The highest BCUT2D eigenvalue weighted by molar-refractivity contribution is 6.17. The molecule has 0 aromatic heterocycles. The number of anilines is 2. The fourth-order valence-electron chi connectivity index (χ4n) is 1.82. The Morgan fingerprint density at radius 1 is 1.00 bits per heavy atom. The first-order valence-corrected chi connectivity index (χ1v) is 7.80. The van der Waals surface area contributed by atoms with Crippen LogP contribution in [0.1, 0.15) is 39.5 Å². The van der Waals surface area contributed by atoms with E-state index in [1.165, 1.54) is 0 Å². The van der Waals surface area contributed by atoms with Crippen molar-refractivity contribution in [2.24, 2.45) is 5.92 Å². The minimum absolute atomic E-state index is 0.00265. The van der Waals surface area contributed by atoms with Crippen molar-refractivity contribution in [2.45, 2.75) is 39.5 Å². The monoisotopic (exact) mass is 310 g/mol. The van der Waals surface area contributed by atoms with Gasteiger partial charge in [0.2, 0.25) is 11.8 Å². The molecular formula is C16H23ClN2O2. The lowest BCUT2D eigenvalue weighted by atomic mass is 10.1. The minimum Gasteiger partial charge on any atom is -0.326 e. The van der Waals surface area contributed by atoms with Crippen LogP contribution in [0.2, 0.25) is 0 Å². The second kappa shape index (κ2) is 9.40. The van der Waals surface area contributed by atoms with Gasteiger partial charge in [0.25, 0.3) is 0 Å². The van der Waals surface area contributed by atoms with E-state index < -0.39 is 0 Å². The van der Waals surface area contributed by atoms with Gasteiger partial charge in [-0.25, -0.2) is 0 Å². The minimum atomic E-state index is -0.0169. The lowest BCUT2D eigenvalue weighted by Crippen LogP contribution is -2.14. The normalized spacial score (nSPS) is 10.5. The number of hydrogen-bond donors (Lipinski definition) is 2. The largest absolute Gasteiger partial charge is 0.326 e. The van der Waals surface area contributed by atoms with E-state index in [0.717, 1.165) is 24.2 Å². The van der Waals surface area contributed by atoms with Crippen molar-refractivity contribution in [1.29, 1.82) is 0 Å². The van der Waals surface area contributed by atoms with Crippen molar-refractivity contribution in [3.63, 3.8) is 0 Å². The standard InChI is InChI=1S/C16H23ClN2O2/c1-12(2)11-16(21)19-14-8-6-13(7-9-14)18-15(20)5-3-4-10-17/h6-9,12H,3-5,10-11H2,1-2H3,(H,18,20)(H,19,21). The molecule has 116 valence electrons. The number of carbonyl (C=O) groups is 2. The van der Waals surface area contributed by atoms with Gasteiger partial charge in [0.15, 0.2) is 0 Å². The van der Waals surface area contributed by atoms with Gasteiger partial charge >= 0.3 is 0 Å². The van der Waals surface area contributed by atoms with Gasteiger partial charge in [-0.1, -0.05) is 13.8 Å². The molecule has 0 aliphatic rings. The third kappa shape index (κ3) is 7.71. The van der Waals surface area contributed by atoms with Crippen molar-refractivity contribution >= 4 is 34.8 Å². The molecular weight excluding hydrogens is 288 g/mol. The van der Waals surface area contributed by atoms with Gasteiger partial charge in [0, 0.05) is 30.1 Å². The zero-order valence-corrected chi connectivity index (χ0v) is 13.4. The molecule has 21 heavy (non-hydrogen) atoms. The first-order valence-electron chi connectivity index (χ1n) is 7.27. The maximum atomic E-state index is 11.6. The van der Waals surface area contributed by atoms with Crippen LogP contribution in [0.15, 0.2) is 24.3 Å². The fraction of sp³-hybridized carbons (Fsp3) is 0.500. The van der Waals surface area contributed by atoms with Crippen LogP contribution in [0.4, 0.5) is 11.4 Å². The highest BCUT2D eigenvalue weighted by atomic mass is 35.5. The lowest BCUT2D eigenvalue weighted by molar-refractivity contribution is -0.117. The highest BCUT2D eigenvalue weighted by Gasteiger charge is 2.06. The van der Waals surface area contributed by atoms with Gasteiger partial charge in [-0.15, -0.1) is 11.6 Å². The van der Waals surface area contributed by atoms with Crippen molar-refractivity contribution in [2.75, 3.05) is 16.5 Å². The van der Waals surface area contributed by atoms with Crippen LogP contribution in [0.25, 0.3) is 0 Å². The van der Waals surface area contributed by atoms with E-state index in [-0.39, 0.29) is 11.8 Å². The molecule has 0 saturated carbocycles. The molecule has 2 amide bonds. The average Bonchev–Trinajstić information content (AvgIpc) is 2.40. The summed E-state index contributed by atoms with van der Waals surface area (Å²) in [5, 5.41) is 5.65. The van der Waals surface area contributed by atoms with Gasteiger partial charge in [-0.05, 0) is 43.0 Å². The molecule has 0 spiro atoms. The molecule has 0 aliphatic heterocycles. The topological polar surface area (TPSA) is 58.2 Å². The molecule has 1 aromatic carbocycles. The summed E-state index contributed by atoms with van der Waals surface area (Å²) < 4.78 is 0. The van der Waals surface area contributed by atoms with E-state index in [2.05, 4.69) is 10.6 Å². The summed E-state index contributed by atoms with van der Waals surface area (Å²) in [6.45, 7) is 4.00. The third-order valence-corrected chi connectivity index (χ3v) is 3.10. The van der Waals surface area contributed by atoms with Crippen molar-refractivity contribution in [1.82, 2.24) is 0 Å². The molecule has 5 heteroatoms. The molecule has 0 atom stereocenters. The first kappa shape index (κ1) is 17.5. The Hall–Kier alpha value is -1.55. The van der Waals surface area contributed by atoms with Crippen LogP contribution in [0.5, 0.6) is 0 Å². The second-order valence-corrected chi connectivity index (χ2v) is 5.80. The van der Waals surface area contributed by atoms with Crippen molar-refractivity contribution < 1.29 is 9.59 Å². The van der Waals surface area contributed by atoms with Crippen molar-refractivity contribution in [3.05, 3.63) is 24.3 Å². The molecule has 4 nitrogen and oxygen atoms in total. The smallest absolute Gasteiger partial charge is 0.224 e. The summed E-state index contributed by atoms with van der Waals surface area (Å²) in [6.07, 6.45) is 2.60. The number of amides is 2. The Morgan fingerprint density at radius 2 is 1.52 bits per heavy atom. The van der Waals surface area contributed by atoms with E-state index in [4.69, 9.17) is 11.6 Å². The Labute approximate surface area is 131 Å². The Morgan fingerprint density at radius 3 is 2.00 bits per heavy atom. The predicted octanol–water partition coefficient (Wildman–Crippen LogP) is 4.02. The number of benzene rings is 1. The summed E-state index contributed by atoms with van der Waals surface area (Å²) in [6, 6.07) is 7.13. The summed E-state index contributed by atoms with van der Waals surface area (Å²) in [4.78, 5) is 23.3. The number of hydrogen-bond acceptors (Lipinski definition) is 2.